The molecule has 110 valence electrons. The Balaban J connectivity index is 1.70. The van der Waals surface area contributed by atoms with Crippen molar-refractivity contribution < 1.29 is 14.3 Å². The van der Waals surface area contributed by atoms with Crippen LogP contribution in [0.5, 0.6) is 11.5 Å². The Kier molecular flexibility index (Phi) is 3.16. The van der Waals surface area contributed by atoms with Gasteiger partial charge in [0.25, 0.3) is 0 Å². The number of rotatable bonds is 1. The SMILES string of the molecule is O=C1/C(=C/c2ccc3c(c2)OCCO3)Cc2c(Cl)cccc21. The first-order valence-electron chi connectivity index (χ1n) is 7.15. The number of ketones is 1. The highest BCUT2D eigenvalue weighted by Gasteiger charge is 2.26. The van der Waals surface area contributed by atoms with Crippen molar-refractivity contribution in [3.8, 4) is 11.5 Å². The van der Waals surface area contributed by atoms with Gasteiger partial charge in [-0.05, 0) is 35.4 Å². The van der Waals surface area contributed by atoms with E-state index < -0.39 is 0 Å². The van der Waals surface area contributed by atoms with E-state index in [9.17, 15) is 4.79 Å². The first kappa shape index (κ1) is 13.4. The number of carbonyl (C=O) groups is 1. The molecule has 2 aromatic carbocycles. The highest BCUT2D eigenvalue weighted by atomic mass is 35.5. The van der Waals surface area contributed by atoms with Gasteiger partial charge in [0.05, 0.1) is 0 Å². The van der Waals surface area contributed by atoms with E-state index in [1.807, 2.05) is 42.5 Å². The van der Waals surface area contributed by atoms with Crippen LogP contribution in [0.3, 0.4) is 0 Å². The zero-order chi connectivity index (χ0) is 15.1. The summed E-state index contributed by atoms with van der Waals surface area (Å²) in [6.07, 6.45) is 2.47. The van der Waals surface area contributed by atoms with Crippen LogP contribution in [0.25, 0.3) is 6.08 Å². The molecule has 4 rings (SSSR count). The fraction of sp³-hybridized carbons (Fsp3) is 0.167. The van der Waals surface area contributed by atoms with Crippen LogP contribution < -0.4 is 9.47 Å². The predicted octanol–water partition coefficient (Wildman–Crippen LogP) is 3.93. The summed E-state index contributed by atoms with van der Waals surface area (Å²) < 4.78 is 11.1. The Morgan fingerprint density at radius 2 is 1.86 bits per heavy atom. The molecule has 2 aliphatic rings. The molecule has 0 fully saturated rings. The number of halogens is 1. The minimum absolute atomic E-state index is 0.0485. The Bertz CT molecular complexity index is 808. The summed E-state index contributed by atoms with van der Waals surface area (Å²) in [5.41, 5.74) is 3.30. The number of fused-ring (bicyclic) bond motifs is 2. The zero-order valence-electron chi connectivity index (χ0n) is 11.8. The van der Waals surface area contributed by atoms with Crippen LogP contribution in [0.2, 0.25) is 5.02 Å². The molecule has 0 atom stereocenters. The third-order valence-corrected chi connectivity index (χ3v) is 4.28. The van der Waals surface area contributed by atoms with E-state index in [0.29, 0.717) is 30.2 Å². The van der Waals surface area contributed by atoms with Gasteiger partial charge in [0.15, 0.2) is 17.3 Å². The number of Topliss-reactive ketones (excluding diaryl/α,β-unsaturated/α-hetero) is 1. The fourth-order valence-electron chi connectivity index (χ4n) is 2.86. The van der Waals surface area contributed by atoms with Gasteiger partial charge in [-0.25, -0.2) is 0 Å². The molecular formula is C18H13ClO3. The van der Waals surface area contributed by atoms with Crippen molar-refractivity contribution in [1.29, 1.82) is 0 Å². The third-order valence-electron chi connectivity index (χ3n) is 3.93. The molecular weight excluding hydrogens is 300 g/mol. The largest absolute Gasteiger partial charge is 0.486 e. The predicted molar refractivity (Wildman–Crippen MR) is 84.9 cm³/mol. The first-order chi connectivity index (χ1) is 10.7. The summed E-state index contributed by atoms with van der Waals surface area (Å²) in [5, 5.41) is 0.649. The highest BCUT2D eigenvalue weighted by molar-refractivity contribution is 6.33. The zero-order valence-corrected chi connectivity index (χ0v) is 12.5. The minimum Gasteiger partial charge on any atom is -0.486 e. The van der Waals surface area contributed by atoms with Gasteiger partial charge in [-0.1, -0.05) is 29.8 Å². The summed E-state index contributed by atoms with van der Waals surface area (Å²) in [7, 11) is 0. The van der Waals surface area contributed by atoms with Crippen LogP contribution in [-0.2, 0) is 6.42 Å². The highest BCUT2D eigenvalue weighted by Crippen LogP contribution is 2.35. The van der Waals surface area contributed by atoms with Crippen LogP contribution in [0, 0.1) is 0 Å². The molecule has 0 saturated heterocycles. The minimum atomic E-state index is 0.0485. The Labute approximate surface area is 133 Å². The Hall–Kier alpha value is -2.26. The second-order valence-corrected chi connectivity index (χ2v) is 5.75. The summed E-state index contributed by atoms with van der Waals surface area (Å²) in [6, 6.07) is 11.2. The lowest BCUT2D eigenvalue weighted by Gasteiger charge is -2.18. The maximum atomic E-state index is 12.5. The van der Waals surface area contributed by atoms with Gasteiger partial charge in [0, 0.05) is 22.6 Å². The number of ether oxygens (including phenoxy) is 2. The van der Waals surface area contributed by atoms with E-state index in [4.69, 9.17) is 21.1 Å². The molecule has 0 amide bonds. The molecule has 0 radical (unpaired) electrons. The number of benzene rings is 2. The van der Waals surface area contributed by atoms with Crippen LogP contribution in [0.4, 0.5) is 0 Å². The van der Waals surface area contributed by atoms with Gasteiger partial charge >= 0.3 is 0 Å². The molecule has 0 N–H and O–H groups in total. The standard InChI is InChI=1S/C18H13ClO3/c19-15-3-1-2-13-14(15)10-12(18(13)20)8-11-4-5-16-17(9-11)22-7-6-21-16/h1-5,8-9H,6-7,10H2/b12-8+. The third kappa shape index (κ3) is 2.18. The Morgan fingerprint density at radius 3 is 2.68 bits per heavy atom. The molecule has 0 unspecified atom stereocenters. The van der Waals surface area contributed by atoms with E-state index in [-0.39, 0.29) is 5.78 Å². The average molecular weight is 313 g/mol. The lowest BCUT2D eigenvalue weighted by Crippen LogP contribution is -2.15. The molecule has 2 aromatic rings. The van der Waals surface area contributed by atoms with E-state index in [0.717, 1.165) is 28.2 Å². The number of allylic oxidation sites excluding steroid dienone is 1. The molecule has 1 heterocycles. The fourth-order valence-corrected chi connectivity index (χ4v) is 3.10. The molecule has 0 saturated carbocycles. The van der Waals surface area contributed by atoms with Crippen molar-refractivity contribution in [3.63, 3.8) is 0 Å². The van der Waals surface area contributed by atoms with Gasteiger partial charge in [-0.15, -0.1) is 0 Å². The van der Waals surface area contributed by atoms with Gasteiger partial charge in [0.1, 0.15) is 13.2 Å². The van der Waals surface area contributed by atoms with Crippen molar-refractivity contribution in [2.45, 2.75) is 6.42 Å². The lowest BCUT2D eigenvalue weighted by molar-refractivity contribution is 0.104. The van der Waals surface area contributed by atoms with E-state index in [1.54, 1.807) is 0 Å². The quantitative estimate of drug-likeness (QED) is 0.748. The van der Waals surface area contributed by atoms with Crippen molar-refractivity contribution in [3.05, 3.63) is 63.7 Å². The van der Waals surface area contributed by atoms with Crippen LogP contribution in [0.15, 0.2) is 42.0 Å². The first-order valence-corrected chi connectivity index (χ1v) is 7.52. The monoisotopic (exact) mass is 312 g/mol. The molecule has 0 spiro atoms. The second kappa shape index (κ2) is 5.18. The van der Waals surface area contributed by atoms with Crippen molar-refractivity contribution in [1.82, 2.24) is 0 Å². The topological polar surface area (TPSA) is 35.5 Å². The molecule has 22 heavy (non-hydrogen) atoms. The van der Waals surface area contributed by atoms with E-state index in [2.05, 4.69) is 0 Å². The van der Waals surface area contributed by atoms with E-state index in [1.165, 1.54) is 0 Å². The van der Waals surface area contributed by atoms with Crippen molar-refractivity contribution in [2.75, 3.05) is 13.2 Å². The van der Waals surface area contributed by atoms with Crippen molar-refractivity contribution >= 4 is 23.5 Å². The van der Waals surface area contributed by atoms with Crippen LogP contribution in [-0.4, -0.2) is 19.0 Å². The van der Waals surface area contributed by atoms with Gasteiger partial charge in [-0.3, -0.25) is 4.79 Å². The maximum Gasteiger partial charge on any atom is 0.189 e. The summed E-state index contributed by atoms with van der Waals surface area (Å²) in [4.78, 5) is 12.5. The van der Waals surface area contributed by atoms with Gasteiger partial charge in [0.2, 0.25) is 0 Å². The van der Waals surface area contributed by atoms with Crippen LogP contribution >= 0.6 is 11.6 Å². The van der Waals surface area contributed by atoms with Crippen LogP contribution in [0.1, 0.15) is 21.5 Å². The summed E-state index contributed by atoms with van der Waals surface area (Å²) >= 11 is 6.18. The molecule has 3 nitrogen and oxygen atoms in total. The number of hydrogen-bond donors (Lipinski definition) is 0. The van der Waals surface area contributed by atoms with Gasteiger partial charge in [-0.2, -0.15) is 0 Å². The smallest absolute Gasteiger partial charge is 0.189 e. The lowest BCUT2D eigenvalue weighted by atomic mass is 10.1. The van der Waals surface area contributed by atoms with Gasteiger partial charge < -0.3 is 9.47 Å². The Morgan fingerprint density at radius 1 is 1.05 bits per heavy atom. The molecule has 4 heteroatoms. The molecule has 1 aliphatic carbocycles. The van der Waals surface area contributed by atoms with Crippen molar-refractivity contribution in [2.24, 2.45) is 0 Å². The number of hydrogen-bond acceptors (Lipinski definition) is 3. The summed E-state index contributed by atoms with van der Waals surface area (Å²) in [6.45, 7) is 1.12. The molecule has 1 aliphatic heterocycles. The summed E-state index contributed by atoms with van der Waals surface area (Å²) in [5.74, 6) is 1.52. The average Bonchev–Trinajstić information content (AvgIpc) is 2.85. The molecule has 0 bridgehead atoms. The molecule has 0 aromatic heterocycles. The van der Waals surface area contributed by atoms with E-state index >= 15 is 0 Å². The normalized spacial score (nSPS) is 17.7. The number of carbonyl (C=O) groups excluding carboxylic acids is 1. The maximum absolute atomic E-state index is 12.5. The second-order valence-electron chi connectivity index (χ2n) is 5.34.